The van der Waals surface area contributed by atoms with Gasteiger partial charge in [0.1, 0.15) is 0 Å². The van der Waals surface area contributed by atoms with Crippen molar-refractivity contribution in [1.82, 2.24) is 5.32 Å². The van der Waals surface area contributed by atoms with Crippen molar-refractivity contribution in [2.45, 2.75) is 19.3 Å². The molecule has 4 heteroatoms. The Balaban J connectivity index is 2.55. The molecule has 0 atom stereocenters. The van der Waals surface area contributed by atoms with Gasteiger partial charge in [-0.3, -0.25) is 4.79 Å². The lowest BCUT2D eigenvalue weighted by Gasteiger charge is -2.09. The lowest BCUT2D eigenvalue weighted by atomic mass is 10.2. The lowest BCUT2D eigenvalue weighted by molar-refractivity contribution is 0.0952. The van der Waals surface area contributed by atoms with Crippen LogP contribution in [0.5, 0.6) is 11.5 Å². The molecule has 0 aliphatic carbocycles. The lowest BCUT2D eigenvalue weighted by Crippen LogP contribution is -2.24. The first-order valence-electron chi connectivity index (χ1n) is 6.16. The average Bonchev–Trinajstić information content (AvgIpc) is 2.46. The summed E-state index contributed by atoms with van der Waals surface area (Å²) in [5, 5.41) is 2.84. The van der Waals surface area contributed by atoms with Crippen molar-refractivity contribution in [2.75, 3.05) is 20.8 Å². The van der Waals surface area contributed by atoms with Crippen molar-refractivity contribution < 1.29 is 14.3 Å². The largest absolute Gasteiger partial charge is 0.493 e. The number of methoxy groups -OCH3 is 2. The van der Waals surface area contributed by atoms with Crippen LogP contribution < -0.4 is 14.8 Å². The van der Waals surface area contributed by atoms with E-state index in [0.29, 0.717) is 23.6 Å². The quantitative estimate of drug-likeness (QED) is 0.605. The molecule has 4 nitrogen and oxygen atoms in total. The zero-order valence-electron chi connectivity index (χ0n) is 11.4. The number of ether oxygens (including phenoxy) is 2. The fourth-order valence-electron chi connectivity index (χ4n) is 1.63. The molecule has 0 saturated heterocycles. The Labute approximate surface area is 114 Å². The third-order valence-electron chi connectivity index (χ3n) is 2.68. The maximum Gasteiger partial charge on any atom is 0.251 e. The molecule has 1 amide bonds. The van der Waals surface area contributed by atoms with Crippen LogP contribution in [0.3, 0.4) is 0 Å². The van der Waals surface area contributed by atoms with Gasteiger partial charge in [0.15, 0.2) is 11.5 Å². The van der Waals surface area contributed by atoms with Gasteiger partial charge in [0.05, 0.1) is 14.2 Å². The standard InChI is InChI=1S/C15H19NO3/c1-4-5-6-7-10-16-15(17)12-8-9-13(18-2)14(11-12)19-3/h1,8-9,11H,5-7,10H2,2-3H3,(H,16,17). The molecule has 1 aromatic carbocycles. The van der Waals surface area contributed by atoms with E-state index in [1.54, 1.807) is 32.4 Å². The Bertz CT molecular complexity index is 463. The van der Waals surface area contributed by atoms with Crippen molar-refractivity contribution in [3.63, 3.8) is 0 Å². The molecule has 0 fully saturated rings. The number of rotatable bonds is 7. The summed E-state index contributed by atoms with van der Waals surface area (Å²) in [6.45, 7) is 0.620. The average molecular weight is 261 g/mol. The van der Waals surface area contributed by atoms with Crippen LogP contribution in [0.4, 0.5) is 0 Å². The highest BCUT2D eigenvalue weighted by Gasteiger charge is 2.09. The van der Waals surface area contributed by atoms with Crippen molar-refractivity contribution in [3.05, 3.63) is 23.8 Å². The van der Waals surface area contributed by atoms with Gasteiger partial charge in [0.25, 0.3) is 5.91 Å². The summed E-state index contributed by atoms with van der Waals surface area (Å²) in [4.78, 5) is 11.9. The summed E-state index contributed by atoms with van der Waals surface area (Å²) in [5.41, 5.74) is 0.551. The molecule has 0 heterocycles. The molecule has 1 aromatic rings. The Morgan fingerprint density at radius 3 is 2.63 bits per heavy atom. The number of carbonyl (C=O) groups excluding carboxylic acids is 1. The first-order chi connectivity index (χ1) is 9.22. The van der Waals surface area contributed by atoms with Crippen molar-refractivity contribution >= 4 is 5.91 Å². The second kappa shape index (κ2) is 8.04. The molecule has 0 spiro atoms. The van der Waals surface area contributed by atoms with Gasteiger partial charge in [0, 0.05) is 18.5 Å². The molecule has 0 aliphatic heterocycles. The smallest absolute Gasteiger partial charge is 0.251 e. The van der Waals surface area contributed by atoms with E-state index in [4.69, 9.17) is 15.9 Å². The van der Waals surface area contributed by atoms with Crippen molar-refractivity contribution in [3.8, 4) is 23.8 Å². The summed E-state index contributed by atoms with van der Waals surface area (Å²) < 4.78 is 10.3. The fourth-order valence-corrected chi connectivity index (χ4v) is 1.63. The van der Waals surface area contributed by atoms with Crippen LogP contribution in [0, 0.1) is 12.3 Å². The SMILES string of the molecule is C#CCCCCNC(=O)c1ccc(OC)c(OC)c1. The van der Waals surface area contributed by atoms with Gasteiger partial charge < -0.3 is 14.8 Å². The van der Waals surface area contributed by atoms with Gasteiger partial charge in [-0.25, -0.2) is 0 Å². The van der Waals surface area contributed by atoms with Crippen LogP contribution in [-0.4, -0.2) is 26.7 Å². The van der Waals surface area contributed by atoms with E-state index in [0.717, 1.165) is 19.3 Å². The molecule has 102 valence electrons. The fraction of sp³-hybridized carbons (Fsp3) is 0.400. The Morgan fingerprint density at radius 2 is 2.00 bits per heavy atom. The van der Waals surface area contributed by atoms with Crippen LogP contribution in [-0.2, 0) is 0 Å². The highest BCUT2D eigenvalue weighted by molar-refractivity contribution is 5.94. The molecule has 19 heavy (non-hydrogen) atoms. The second-order valence-electron chi connectivity index (χ2n) is 3.99. The van der Waals surface area contributed by atoms with Crippen molar-refractivity contribution in [1.29, 1.82) is 0 Å². The Kier molecular flexibility index (Phi) is 6.31. The maximum absolute atomic E-state index is 11.9. The van der Waals surface area contributed by atoms with E-state index in [1.807, 2.05) is 0 Å². The number of nitrogens with one attached hydrogen (secondary N) is 1. The number of hydrogen-bond donors (Lipinski definition) is 1. The summed E-state index contributed by atoms with van der Waals surface area (Å²) >= 11 is 0. The zero-order chi connectivity index (χ0) is 14.1. The molecule has 0 radical (unpaired) electrons. The van der Waals surface area contributed by atoms with Gasteiger partial charge >= 0.3 is 0 Å². The number of carbonyl (C=O) groups is 1. The van der Waals surface area contributed by atoms with E-state index in [2.05, 4.69) is 11.2 Å². The van der Waals surface area contributed by atoms with E-state index in [-0.39, 0.29) is 5.91 Å². The normalized spacial score (nSPS) is 9.53. The van der Waals surface area contributed by atoms with Gasteiger partial charge in [-0.15, -0.1) is 12.3 Å². The van der Waals surface area contributed by atoms with E-state index >= 15 is 0 Å². The number of unbranched alkanes of at least 4 members (excludes halogenated alkanes) is 2. The van der Waals surface area contributed by atoms with Crippen LogP contribution in [0.2, 0.25) is 0 Å². The van der Waals surface area contributed by atoms with Crippen LogP contribution in [0.25, 0.3) is 0 Å². The second-order valence-corrected chi connectivity index (χ2v) is 3.99. The van der Waals surface area contributed by atoms with Crippen LogP contribution >= 0.6 is 0 Å². The molecule has 0 unspecified atom stereocenters. The molecule has 1 N–H and O–H groups in total. The monoisotopic (exact) mass is 261 g/mol. The minimum atomic E-state index is -0.123. The Hall–Kier alpha value is -2.15. The van der Waals surface area contributed by atoms with Crippen molar-refractivity contribution in [2.24, 2.45) is 0 Å². The van der Waals surface area contributed by atoms with Gasteiger partial charge in [0.2, 0.25) is 0 Å². The molecule has 0 saturated carbocycles. The van der Waals surface area contributed by atoms with Gasteiger partial charge in [-0.1, -0.05) is 0 Å². The molecular formula is C15H19NO3. The number of benzene rings is 1. The van der Waals surface area contributed by atoms with Crippen LogP contribution in [0.1, 0.15) is 29.6 Å². The zero-order valence-corrected chi connectivity index (χ0v) is 11.4. The third-order valence-corrected chi connectivity index (χ3v) is 2.68. The number of terminal acetylenes is 1. The van der Waals surface area contributed by atoms with E-state index < -0.39 is 0 Å². The topological polar surface area (TPSA) is 47.6 Å². The van der Waals surface area contributed by atoms with Gasteiger partial charge in [-0.05, 0) is 31.0 Å². The number of amides is 1. The maximum atomic E-state index is 11.9. The van der Waals surface area contributed by atoms with E-state index in [9.17, 15) is 4.79 Å². The minimum absolute atomic E-state index is 0.123. The van der Waals surface area contributed by atoms with E-state index in [1.165, 1.54) is 0 Å². The summed E-state index contributed by atoms with van der Waals surface area (Å²) in [7, 11) is 3.10. The highest BCUT2D eigenvalue weighted by Crippen LogP contribution is 2.27. The minimum Gasteiger partial charge on any atom is -0.493 e. The number of hydrogen-bond acceptors (Lipinski definition) is 3. The third kappa shape index (κ3) is 4.55. The molecule has 0 aromatic heterocycles. The molecule has 0 bridgehead atoms. The first kappa shape index (κ1) is 14.9. The van der Waals surface area contributed by atoms with Crippen LogP contribution in [0.15, 0.2) is 18.2 Å². The summed E-state index contributed by atoms with van der Waals surface area (Å²) in [6, 6.07) is 5.08. The first-order valence-corrected chi connectivity index (χ1v) is 6.16. The molecular weight excluding hydrogens is 242 g/mol. The Morgan fingerprint density at radius 1 is 1.26 bits per heavy atom. The predicted octanol–water partition coefficient (Wildman–Crippen LogP) is 2.24. The predicted molar refractivity (Wildman–Crippen MR) is 74.6 cm³/mol. The highest BCUT2D eigenvalue weighted by atomic mass is 16.5. The van der Waals surface area contributed by atoms with Gasteiger partial charge in [-0.2, -0.15) is 0 Å². The summed E-state index contributed by atoms with van der Waals surface area (Å²) in [5.74, 6) is 3.60. The summed E-state index contributed by atoms with van der Waals surface area (Å²) in [6.07, 6.45) is 7.70. The molecule has 0 aliphatic rings. The molecule has 1 rings (SSSR count).